The summed E-state index contributed by atoms with van der Waals surface area (Å²) in [5.74, 6) is -0.0243. The molecule has 0 heterocycles. The van der Waals surface area contributed by atoms with E-state index in [0.29, 0.717) is 5.75 Å². The predicted molar refractivity (Wildman–Crippen MR) is 92.0 cm³/mol. The van der Waals surface area contributed by atoms with Crippen molar-refractivity contribution in [2.45, 2.75) is 0 Å². The first-order valence-electron chi connectivity index (χ1n) is 7.26. The molecule has 0 unspecified atom stereocenters. The quantitative estimate of drug-likeness (QED) is 0.572. The molecule has 23 heavy (non-hydrogen) atoms. The molecule has 0 aliphatic rings. The second-order valence-corrected chi connectivity index (χ2v) is 5.16. The molecule has 3 rings (SSSR count). The van der Waals surface area contributed by atoms with E-state index in [2.05, 4.69) is 0 Å². The first-order valence-corrected chi connectivity index (χ1v) is 7.26. The molecule has 0 radical (unpaired) electrons. The highest BCUT2D eigenvalue weighted by Crippen LogP contribution is 2.28. The highest BCUT2D eigenvalue weighted by molar-refractivity contribution is 6.10. The molecule has 0 saturated heterocycles. The first-order chi connectivity index (χ1) is 11.2. The van der Waals surface area contributed by atoms with Gasteiger partial charge in [-0.15, -0.1) is 0 Å². The maximum absolute atomic E-state index is 12.4. The summed E-state index contributed by atoms with van der Waals surface area (Å²) < 4.78 is 5.14. The fourth-order valence-corrected chi connectivity index (χ4v) is 2.50. The van der Waals surface area contributed by atoms with Crippen LogP contribution in [0.4, 0.5) is 0 Å². The minimum absolute atomic E-state index is 0.0856. The molecule has 0 amide bonds. The minimum atomic E-state index is -0.298. The van der Waals surface area contributed by atoms with E-state index in [1.165, 1.54) is 19.3 Å². The van der Waals surface area contributed by atoms with Gasteiger partial charge in [-0.1, -0.05) is 48.5 Å². The van der Waals surface area contributed by atoms with Crippen LogP contribution in [0.3, 0.4) is 0 Å². The van der Waals surface area contributed by atoms with Gasteiger partial charge >= 0.3 is 0 Å². The van der Waals surface area contributed by atoms with Crippen molar-refractivity contribution in [1.29, 1.82) is 0 Å². The summed E-state index contributed by atoms with van der Waals surface area (Å²) in [4.78, 5) is 12.4. The molecule has 0 atom stereocenters. The Balaban J connectivity index is 1.91. The normalized spacial score (nSPS) is 11.0. The van der Waals surface area contributed by atoms with Crippen LogP contribution in [0.2, 0.25) is 0 Å². The smallest absolute Gasteiger partial charge is 0.193 e. The number of fused-ring (bicyclic) bond motifs is 1. The Bertz CT molecular complexity index is 894. The zero-order valence-corrected chi connectivity index (χ0v) is 12.7. The molecule has 3 aromatic rings. The zero-order chi connectivity index (χ0) is 16.2. The zero-order valence-electron chi connectivity index (χ0n) is 12.7. The lowest BCUT2D eigenvalue weighted by atomic mass is 10.0. The second-order valence-electron chi connectivity index (χ2n) is 5.16. The summed E-state index contributed by atoms with van der Waals surface area (Å²) in [7, 11) is 1.47. The molecule has 114 valence electrons. The van der Waals surface area contributed by atoms with Crippen molar-refractivity contribution in [2.24, 2.45) is 0 Å². The van der Waals surface area contributed by atoms with Crippen LogP contribution in [0.25, 0.3) is 16.8 Å². The number of hydrogen-bond acceptors (Lipinski definition) is 3. The third-order valence-electron chi connectivity index (χ3n) is 3.67. The highest BCUT2D eigenvalue weighted by atomic mass is 16.5. The fourth-order valence-electron chi connectivity index (χ4n) is 2.50. The molecule has 0 bridgehead atoms. The minimum Gasteiger partial charge on any atom is -0.507 e. The molecule has 0 saturated carbocycles. The van der Waals surface area contributed by atoms with Crippen molar-refractivity contribution in [3.8, 4) is 11.5 Å². The van der Waals surface area contributed by atoms with E-state index in [1.54, 1.807) is 18.2 Å². The Labute approximate surface area is 134 Å². The summed E-state index contributed by atoms with van der Waals surface area (Å²) in [6.45, 7) is 0. The van der Waals surface area contributed by atoms with Crippen molar-refractivity contribution in [3.05, 3.63) is 77.9 Å². The van der Waals surface area contributed by atoms with Crippen molar-refractivity contribution >= 4 is 22.6 Å². The number of benzene rings is 3. The number of phenolic OH excluding ortho intramolecular Hbond substituents is 1. The number of hydrogen-bond donors (Lipinski definition) is 1. The predicted octanol–water partition coefficient (Wildman–Crippen LogP) is 4.45. The van der Waals surface area contributed by atoms with Crippen LogP contribution in [0.1, 0.15) is 15.9 Å². The molecular formula is C20H16O3. The standard InChI is InChI=1S/C20H16O3/c1-23-19-8-4-7-17(21)20(19)18(22)12-10-14-9-11-15-5-2-3-6-16(15)13-14/h2-13,21H,1H3/b12-10+. The molecule has 3 heteroatoms. The lowest BCUT2D eigenvalue weighted by Gasteiger charge is -2.07. The fraction of sp³-hybridized carbons (Fsp3) is 0.0500. The van der Waals surface area contributed by atoms with Gasteiger partial charge in [0.05, 0.1) is 7.11 Å². The molecule has 0 aromatic heterocycles. The van der Waals surface area contributed by atoms with Gasteiger partial charge < -0.3 is 9.84 Å². The number of ketones is 1. The van der Waals surface area contributed by atoms with E-state index in [1.807, 2.05) is 42.5 Å². The van der Waals surface area contributed by atoms with Gasteiger partial charge in [0.1, 0.15) is 17.1 Å². The van der Waals surface area contributed by atoms with E-state index < -0.39 is 0 Å². The number of methoxy groups -OCH3 is 1. The molecule has 0 aliphatic carbocycles. The van der Waals surface area contributed by atoms with Crippen LogP contribution in [-0.4, -0.2) is 18.0 Å². The summed E-state index contributed by atoms with van der Waals surface area (Å²) >= 11 is 0. The van der Waals surface area contributed by atoms with E-state index in [0.717, 1.165) is 16.3 Å². The van der Waals surface area contributed by atoms with Crippen LogP contribution in [0.5, 0.6) is 11.5 Å². The third kappa shape index (κ3) is 3.09. The Hall–Kier alpha value is -3.07. The van der Waals surface area contributed by atoms with Crippen LogP contribution >= 0.6 is 0 Å². The van der Waals surface area contributed by atoms with Gasteiger partial charge in [0.25, 0.3) is 0 Å². The van der Waals surface area contributed by atoms with Crippen LogP contribution in [0.15, 0.2) is 66.7 Å². The Morgan fingerprint density at radius 1 is 1.00 bits per heavy atom. The van der Waals surface area contributed by atoms with Crippen molar-refractivity contribution in [2.75, 3.05) is 7.11 Å². The molecular weight excluding hydrogens is 288 g/mol. The van der Waals surface area contributed by atoms with Gasteiger partial charge in [0.2, 0.25) is 0 Å². The van der Waals surface area contributed by atoms with Gasteiger partial charge in [-0.05, 0) is 40.6 Å². The van der Waals surface area contributed by atoms with E-state index in [-0.39, 0.29) is 17.1 Å². The average Bonchev–Trinajstić information content (AvgIpc) is 2.59. The van der Waals surface area contributed by atoms with Crippen molar-refractivity contribution < 1.29 is 14.6 Å². The summed E-state index contributed by atoms with van der Waals surface area (Å²) in [5, 5.41) is 12.2. The number of aromatic hydroxyl groups is 1. The lowest BCUT2D eigenvalue weighted by Crippen LogP contribution is -1.99. The SMILES string of the molecule is COc1cccc(O)c1C(=O)/C=C/c1ccc2ccccc2c1. The van der Waals surface area contributed by atoms with Crippen LogP contribution in [0, 0.1) is 0 Å². The molecule has 3 aromatic carbocycles. The summed E-state index contributed by atoms with van der Waals surface area (Å²) in [5.41, 5.74) is 1.10. The summed E-state index contributed by atoms with van der Waals surface area (Å²) in [6, 6.07) is 18.8. The number of allylic oxidation sites excluding steroid dienone is 1. The maximum atomic E-state index is 12.4. The Morgan fingerprint density at radius 2 is 1.78 bits per heavy atom. The van der Waals surface area contributed by atoms with Gasteiger partial charge in [0.15, 0.2) is 5.78 Å². The molecule has 1 N–H and O–H groups in total. The maximum Gasteiger partial charge on any atom is 0.193 e. The molecule has 0 aliphatic heterocycles. The van der Waals surface area contributed by atoms with E-state index >= 15 is 0 Å². The second kappa shape index (κ2) is 6.36. The van der Waals surface area contributed by atoms with Crippen LogP contribution < -0.4 is 4.74 Å². The number of phenols is 1. The number of carbonyl (C=O) groups is 1. The van der Waals surface area contributed by atoms with E-state index in [4.69, 9.17) is 4.74 Å². The van der Waals surface area contributed by atoms with Gasteiger partial charge in [-0.2, -0.15) is 0 Å². The van der Waals surface area contributed by atoms with Gasteiger partial charge in [-0.3, -0.25) is 4.79 Å². The third-order valence-corrected chi connectivity index (χ3v) is 3.67. The molecule has 3 nitrogen and oxygen atoms in total. The summed E-state index contributed by atoms with van der Waals surface area (Å²) in [6.07, 6.45) is 3.18. The average molecular weight is 304 g/mol. The van der Waals surface area contributed by atoms with Crippen LogP contribution in [-0.2, 0) is 0 Å². The van der Waals surface area contributed by atoms with Gasteiger partial charge in [-0.25, -0.2) is 0 Å². The Kier molecular flexibility index (Phi) is 4.11. The topological polar surface area (TPSA) is 46.5 Å². The van der Waals surface area contributed by atoms with E-state index in [9.17, 15) is 9.90 Å². The number of ether oxygens (including phenoxy) is 1. The largest absolute Gasteiger partial charge is 0.507 e. The van der Waals surface area contributed by atoms with Gasteiger partial charge in [0, 0.05) is 0 Å². The Morgan fingerprint density at radius 3 is 2.57 bits per heavy atom. The number of rotatable bonds is 4. The van der Waals surface area contributed by atoms with Crippen molar-refractivity contribution in [3.63, 3.8) is 0 Å². The lowest BCUT2D eigenvalue weighted by molar-refractivity contribution is 0.104. The molecule has 0 spiro atoms. The highest BCUT2D eigenvalue weighted by Gasteiger charge is 2.14. The molecule has 0 fully saturated rings. The van der Waals surface area contributed by atoms with Crippen molar-refractivity contribution in [1.82, 2.24) is 0 Å². The monoisotopic (exact) mass is 304 g/mol. The number of carbonyl (C=O) groups excluding carboxylic acids is 1. The first kappa shape index (κ1) is 14.9.